The summed E-state index contributed by atoms with van der Waals surface area (Å²) in [6.45, 7) is 3.44. The molecular weight excluding hydrogens is 446 g/mol. The van der Waals surface area contributed by atoms with Crippen LogP contribution in [-0.4, -0.2) is 45.8 Å². The van der Waals surface area contributed by atoms with E-state index in [4.69, 9.17) is 21.3 Å². The summed E-state index contributed by atoms with van der Waals surface area (Å²) >= 11 is 7.45. The number of halogens is 1. The minimum Gasteiger partial charge on any atom is -0.495 e. The van der Waals surface area contributed by atoms with Crippen LogP contribution in [-0.2, 0) is 4.79 Å². The Bertz CT molecular complexity index is 1190. The van der Waals surface area contributed by atoms with E-state index in [1.54, 1.807) is 31.4 Å². The average molecular weight is 472 g/mol. The molecule has 0 saturated carbocycles. The second-order valence-corrected chi connectivity index (χ2v) is 9.61. The lowest BCUT2D eigenvalue weighted by Crippen LogP contribution is -2.37. The molecule has 0 radical (unpaired) electrons. The maximum absolute atomic E-state index is 13.5. The molecule has 6 nitrogen and oxygen atoms in total. The van der Waals surface area contributed by atoms with Crippen molar-refractivity contribution in [3.63, 3.8) is 0 Å². The van der Waals surface area contributed by atoms with E-state index in [0.29, 0.717) is 32.5 Å². The Kier molecular flexibility index (Phi) is 7.06. The molecular formula is C24H26ClN3O3S. The number of rotatable bonds is 5. The van der Waals surface area contributed by atoms with Gasteiger partial charge in [0.05, 0.1) is 29.0 Å². The van der Waals surface area contributed by atoms with E-state index >= 15 is 0 Å². The largest absolute Gasteiger partial charge is 0.495 e. The van der Waals surface area contributed by atoms with Gasteiger partial charge in [-0.25, -0.2) is 4.98 Å². The molecule has 8 heteroatoms. The number of amides is 1. The van der Waals surface area contributed by atoms with Crippen LogP contribution < -0.4 is 10.3 Å². The van der Waals surface area contributed by atoms with Gasteiger partial charge in [0.15, 0.2) is 5.16 Å². The van der Waals surface area contributed by atoms with Crippen LogP contribution in [0.3, 0.4) is 0 Å². The number of methoxy groups -OCH3 is 1. The van der Waals surface area contributed by atoms with E-state index < -0.39 is 5.25 Å². The monoisotopic (exact) mass is 471 g/mol. The molecule has 168 valence electrons. The molecule has 1 aromatic heterocycles. The average Bonchev–Trinajstić information content (AvgIpc) is 3.08. The van der Waals surface area contributed by atoms with Gasteiger partial charge in [-0.1, -0.05) is 48.3 Å². The normalized spacial score (nSPS) is 15.4. The van der Waals surface area contributed by atoms with Crippen molar-refractivity contribution < 1.29 is 9.53 Å². The Morgan fingerprint density at radius 1 is 1.12 bits per heavy atom. The van der Waals surface area contributed by atoms with Gasteiger partial charge in [0.2, 0.25) is 5.91 Å². The lowest BCUT2D eigenvalue weighted by atomic mass is 10.2. The minimum absolute atomic E-state index is 0.0731. The highest BCUT2D eigenvalue weighted by atomic mass is 35.5. The number of carbonyl (C=O) groups is 1. The highest BCUT2D eigenvalue weighted by molar-refractivity contribution is 8.00. The number of likely N-dealkylation sites (tertiary alicyclic amines) is 1. The zero-order chi connectivity index (χ0) is 22.7. The molecule has 0 N–H and O–H groups in total. The number of hydrogen-bond acceptors (Lipinski definition) is 5. The Hall–Kier alpha value is -2.51. The summed E-state index contributed by atoms with van der Waals surface area (Å²) in [5, 5.41) is 1.00. The molecule has 1 amide bonds. The fraction of sp³-hybridized carbons (Fsp3) is 0.375. The number of hydrogen-bond donors (Lipinski definition) is 0. The van der Waals surface area contributed by atoms with Gasteiger partial charge < -0.3 is 9.64 Å². The summed E-state index contributed by atoms with van der Waals surface area (Å²) < 4.78 is 7.04. The highest BCUT2D eigenvalue weighted by Gasteiger charge is 2.25. The van der Waals surface area contributed by atoms with Crippen molar-refractivity contribution in [1.82, 2.24) is 14.5 Å². The molecule has 1 saturated heterocycles. The highest BCUT2D eigenvalue weighted by Crippen LogP contribution is 2.30. The first-order valence-corrected chi connectivity index (χ1v) is 12.1. The van der Waals surface area contributed by atoms with E-state index in [0.717, 1.165) is 38.8 Å². The van der Waals surface area contributed by atoms with E-state index in [-0.39, 0.29) is 11.5 Å². The predicted molar refractivity (Wildman–Crippen MR) is 129 cm³/mol. The summed E-state index contributed by atoms with van der Waals surface area (Å²) in [5.41, 5.74) is 0.861. The van der Waals surface area contributed by atoms with Gasteiger partial charge in [-0.05, 0) is 50.1 Å². The van der Waals surface area contributed by atoms with Gasteiger partial charge in [0, 0.05) is 18.1 Å². The van der Waals surface area contributed by atoms with E-state index in [1.807, 2.05) is 30.0 Å². The molecule has 4 rings (SSSR count). The molecule has 0 bridgehead atoms. The summed E-state index contributed by atoms with van der Waals surface area (Å²) in [6, 6.07) is 12.3. The van der Waals surface area contributed by atoms with E-state index in [1.165, 1.54) is 16.3 Å². The second kappa shape index (κ2) is 9.96. The van der Waals surface area contributed by atoms with Crippen molar-refractivity contribution in [2.45, 2.75) is 43.0 Å². The molecule has 0 spiro atoms. The lowest BCUT2D eigenvalue weighted by Gasteiger charge is -2.24. The third-order valence-electron chi connectivity index (χ3n) is 5.67. The fourth-order valence-corrected chi connectivity index (χ4v) is 5.17. The van der Waals surface area contributed by atoms with Gasteiger partial charge in [0.25, 0.3) is 5.56 Å². The maximum atomic E-state index is 13.5. The van der Waals surface area contributed by atoms with Gasteiger partial charge in [0.1, 0.15) is 5.75 Å². The molecule has 32 heavy (non-hydrogen) atoms. The number of fused-ring (bicyclic) bond motifs is 1. The van der Waals surface area contributed by atoms with Crippen LogP contribution in [0, 0.1) is 0 Å². The molecule has 1 atom stereocenters. The molecule has 2 heterocycles. The van der Waals surface area contributed by atoms with Crippen LogP contribution in [0.25, 0.3) is 16.6 Å². The maximum Gasteiger partial charge on any atom is 0.266 e. The SMILES string of the molecule is COc1ccccc1-n1c(SC(C)C(=O)N2CCCCCC2)nc2cc(Cl)ccc2c1=O. The number of ether oxygens (including phenoxy) is 1. The standard InChI is InChI=1S/C24H26ClN3O3S/c1-16(22(29)27-13-7-3-4-8-14-27)32-24-26-19-15-17(25)11-12-18(19)23(30)28(24)20-9-5-6-10-21(20)31-2/h5-6,9-12,15-16H,3-4,7-8,13-14H2,1-2H3. The molecule has 2 aromatic carbocycles. The van der Waals surface area contributed by atoms with Crippen molar-refractivity contribution in [2.24, 2.45) is 0 Å². The summed E-state index contributed by atoms with van der Waals surface area (Å²) in [5.74, 6) is 0.627. The van der Waals surface area contributed by atoms with Crippen LogP contribution in [0.4, 0.5) is 0 Å². The Balaban J connectivity index is 1.80. The number of aromatic nitrogens is 2. The number of para-hydroxylation sites is 2. The van der Waals surface area contributed by atoms with E-state index in [2.05, 4.69) is 0 Å². The summed E-state index contributed by atoms with van der Waals surface area (Å²) in [7, 11) is 1.57. The first-order valence-electron chi connectivity index (χ1n) is 10.8. The van der Waals surface area contributed by atoms with Crippen LogP contribution in [0.2, 0.25) is 5.02 Å². The minimum atomic E-state index is -0.391. The lowest BCUT2D eigenvalue weighted by molar-refractivity contribution is -0.130. The predicted octanol–water partition coefficient (Wildman–Crippen LogP) is 4.93. The molecule has 1 aliphatic heterocycles. The van der Waals surface area contributed by atoms with Crippen molar-refractivity contribution >= 4 is 40.2 Å². The Morgan fingerprint density at radius 3 is 2.56 bits per heavy atom. The Labute approximate surface area is 196 Å². The molecule has 1 unspecified atom stereocenters. The second-order valence-electron chi connectivity index (χ2n) is 7.87. The summed E-state index contributed by atoms with van der Waals surface area (Å²) in [6.07, 6.45) is 4.38. The molecule has 1 aliphatic rings. The first-order chi connectivity index (χ1) is 15.5. The van der Waals surface area contributed by atoms with Gasteiger partial charge >= 0.3 is 0 Å². The van der Waals surface area contributed by atoms with Gasteiger partial charge in [-0.2, -0.15) is 0 Å². The number of thioether (sulfide) groups is 1. The fourth-order valence-electron chi connectivity index (χ4n) is 4.00. The number of nitrogens with zero attached hydrogens (tertiary/aromatic N) is 3. The van der Waals surface area contributed by atoms with Gasteiger partial charge in [-0.3, -0.25) is 14.2 Å². The topological polar surface area (TPSA) is 64.4 Å². The molecule has 3 aromatic rings. The molecule has 1 fully saturated rings. The van der Waals surface area contributed by atoms with Crippen LogP contribution in [0.1, 0.15) is 32.6 Å². The van der Waals surface area contributed by atoms with Crippen LogP contribution >= 0.6 is 23.4 Å². The van der Waals surface area contributed by atoms with Crippen molar-refractivity contribution in [3.8, 4) is 11.4 Å². The quantitative estimate of drug-likeness (QED) is 0.390. The van der Waals surface area contributed by atoms with Crippen LogP contribution in [0.5, 0.6) is 5.75 Å². The first kappa shape index (κ1) is 22.7. The van der Waals surface area contributed by atoms with E-state index in [9.17, 15) is 9.59 Å². The van der Waals surface area contributed by atoms with Crippen LogP contribution in [0.15, 0.2) is 52.4 Å². The zero-order valence-electron chi connectivity index (χ0n) is 18.2. The van der Waals surface area contributed by atoms with Crippen molar-refractivity contribution in [1.29, 1.82) is 0 Å². The van der Waals surface area contributed by atoms with Crippen molar-refractivity contribution in [2.75, 3.05) is 20.2 Å². The van der Waals surface area contributed by atoms with Crippen molar-refractivity contribution in [3.05, 3.63) is 57.8 Å². The van der Waals surface area contributed by atoms with Gasteiger partial charge in [-0.15, -0.1) is 0 Å². The third kappa shape index (κ3) is 4.64. The smallest absolute Gasteiger partial charge is 0.266 e. The Morgan fingerprint density at radius 2 is 1.84 bits per heavy atom. The third-order valence-corrected chi connectivity index (χ3v) is 6.95. The zero-order valence-corrected chi connectivity index (χ0v) is 19.8. The number of benzene rings is 2. The molecule has 0 aliphatic carbocycles. The summed E-state index contributed by atoms with van der Waals surface area (Å²) in [4.78, 5) is 33.4. The number of carbonyl (C=O) groups excluding carboxylic acids is 1.